The maximum Gasteiger partial charge on any atom is 0.301 e. The van der Waals surface area contributed by atoms with Crippen LogP contribution in [0.1, 0.15) is 0 Å². The van der Waals surface area contributed by atoms with Crippen molar-refractivity contribution in [3.8, 4) is 0 Å². The zero-order valence-electron chi connectivity index (χ0n) is 14.2. The molecule has 0 amide bonds. The standard InChI is InChI=1S/C19H30N3.BrH/c1-7-13-20-19(21(14-8-2)15-9-3)22(16-10-4,17-11-5)18-12-6;/h7-12H,1-6,13-18H2;1H/q+1;/p-1. The lowest BCUT2D eigenvalue weighted by atomic mass is 10.3. The highest BCUT2D eigenvalue weighted by Crippen LogP contribution is 2.15. The Hall–Kier alpha value is -1.65. The molecule has 0 bridgehead atoms. The van der Waals surface area contributed by atoms with Crippen LogP contribution in [0, 0.1) is 0 Å². The summed E-state index contributed by atoms with van der Waals surface area (Å²) in [5.41, 5.74) is 0. The summed E-state index contributed by atoms with van der Waals surface area (Å²) in [6.07, 6.45) is 11.3. The van der Waals surface area contributed by atoms with Crippen molar-refractivity contribution < 1.29 is 21.5 Å². The molecule has 0 saturated heterocycles. The van der Waals surface area contributed by atoms with E-state index >= 15 is 0 Å². The Labute approximate surface area is 152 Å². The van der Waals surface area contributed by atoms with Gasteiger partial charge in [-0.3, -0.25) is 0 Å². The third-order valence-corrected chi connectivity index (χ3v) is 3.20. The molecule has 4 heteroatoms. The van der Waals surface area contributed by atoms with Gasteiger partial charge >= 0.3 is 5.96 Å². The van der Waals surface area contributed by atoms with Crippen molar-refractivity contribution in [1.29, 1.82) is 0 Å². The molecule has 0 aromatic rings. The molecule has 0 N–H and O–H groups in total. The van der Waals surface area contributed by atoms with Gasteiger partial charge in [0.2, 0.25) is 0 Å². The summed E-state index contributed by atoms with van der Waals surface area (Å²) >= 11 is 0. The van der Waals surface area contributed by atoms with Gasteiger partial charge in [0.1, 0.15) is 19.6 Å². The quantitative estimate of drug-likeness (QED) is 0.209. The average Bonchev–Trinajstić information content (AvgIpc) is 2.49. The second kappa shape index (κ2) is 14.0. The molecule has 0 aliphatic heterocycles. The van der Waals surface area contributed by atoms with Crippen molar-refractivity contribution in [3.05, 3.63) is 75.9 Å². The molecule has 0 aromatic carbocycles. The van der Waals surface area contributed by atoms with Crippen molar-refractivity contribution in [2.45, 2.75) is 0 Å². The average molecular weight is 380 g/mol. The molecule has 128 valence electrons. The summed E-state index contributed by atoms with van der Waals surface area (Å²) in [6, 6.07) is 0. The van der Waals surface area contributed by atoms with Gasteiger partial charge in [-0.25, -0.2) is 9.48 Å². The fourth-order valence-corrected chi connectivity index (χ4v) is 2.46. The topological polar surface area (TPSA) is 15.6 Å². The van der Waals surface area contributed by atoms with Crippen LogP contribution in [0.25, 0.3) is 0 Å². The van der Waals surface area contributed by atoms with Crippen LogP contribution in [0.2, 0.25) is 0 Å². The first-order valence-electron chi connectivity index (χ1n) is 7.47. The first-order chi connectivity index (χ1) is 10.7. The van der Waals surface area contributed by atoms with Gasteiger partial charge in [0, 0.05) is 13.1 Å². The number of nitrogens with zero attached hydrogens (tertiary/aromatic N) is 3. The fourth-order valence-electron chi connectivity index (χ4n) is 2.46. The summed E-state index contributed by atoms with van der Waals surface area (Å²) in [5, 5.41) is 0. The maximum absolute atomic E-state index is 4.77. The lowest BCUT2D eigenvalue weighted by Crippen LogP contribution is -3.00. The van der Waals surface area contributed by atoms with E-state index in [-0.39, 0.29) is 17.0 Å². The number of aliphatic imine (C=N–C) groups is 1. The van der Waals surface area contributed by atoms with Crippen molar-refractivity contribution in [2.24, 2.45) is 4.99 Å². The van der Waals surface area contributed by atoms with Crippen LogP contribution >= 0.6 is 0 Å². The number of hydrogen-bond donors (Lipinski definition) is 0. The molecule has 0 heterocycles. The summed E-state index contributed by atoms with van der Waals surface area (Å²) in [5.74, 6) is 0.958. The number of rotatable bonds is 12. The molecule has 0 aliphatic carbocycles. The van der Waals surface area contributed by atoms with Gasteiger partial charge in [0.25, 0.3) is 0 Å². The number of quaternary nitrogens is 1. The first kappa shape index (κ1) is 23.6. The summed E-state index contributed by atoms with van der Waals surface area (Å²) in [7, 11) is 0. The summed E-state index contributed by atoms with van der Waals surface area (Å²) in [4.78, 5) is 6.93. The second-order valence-corrected chi connectivity index (χ2v) is 4.97. The van der Waals surface area contributed by atoms with Gasteiger partial charge in [0.05, 0.1) is 6.54 Å². The predicted molar refractivity (Wildman–Crippen MR) is 99.9 cm³/mol. The Bertz CT molecular complexity index is 401. The van der Waals surface area contributed by atoms with Gasteiger partial charge in [-0.15, -0.1) is 19.7 Å². The van der Waals surface area contributed by atoms with Gasteiger partial charge < -0.3 is 21.9 Å². The molecular formula is C19H30BrN3. The molecule has 0 rings (SSSR count). The van der Waals surface area contributed by atoms with Crippen LogP contribution in [0.3, 0.4) is 0 Å². The molecule has 0 atom stereocenters. The largest absolute Gasteiger partial charge is 1.00 e. The zero-order valence-corrected chi connectivity index (χ0v) is 15.8. The lowest BCUT2D eigenvalue weighted by molar-refractivity contribution is -0.828. The number of hydrogen-bond acceptors (Lipinski definition) is 1. The molecule has 0 radical (unpaired) electrons. The van der Waals surface area contributed by atoms with Crippen molar-refractivity contribution in [2.75, 3.05) is 39.3 Å². The van der Waals surface area contributed by atoms with Crippen LogP contribution < -0.4 is 17.0 Å². The van der Waals surface area contributed by atoms with E-state index in [1.807, 2.05) is 30.4 Å². The second-order valence-electron chi connectivity index (χ2n) is 4.97. The van der Waals surface area contributed by atoms with Crippen LogP contribution in [0.15, 0.2) is 80.9 Å². The number of guanidine groups is 1. The van der Waals surface area contributed by atoms with E-state index in [0.29, 0.717) is 24.1 Å². The molecule has 0 fully saturated rings. The van der Waals surface area contributed by atoms with E-state index in [1.54, 1.807) is 6.08 Å². The molecule has 0 spiro atoms. The minimum atomic E-state index is 0. The highest BCUT2D eigenvalue weighted by atomic mass is 79.9. The van der Waals surface area contributed by atoms with Gasteiger partial charge in [-0.05, 0) is 18.2 Å². The smallest absolute Gasteiger partial charge is 0.301 e. The van der Waals surface area contributed by atoms with Gasteiger partial charge in [-0.1, -0.05) is 38.0 Å². The molecule has 0 aromatic heterocycles. The fraction of sp³-hybridized carbons (Fsp3) is 0.316. The van der Waals surface area contributed by atoms with Crippen LogP contribution in [0.4, 0.5) is 0 Å². The SMILES string of the molecule is C=CCN=C(N(CC=C)CC=C)[N+](CC=C)(CC=C)CC=C.[Br-]. The van der Waals surface area contributed by atoms with E-state index in [2.05, 4.69) is 44.4 Å². The molecule has 0 saturated carbocycles. The summed E-state index contributed by atoms with van der Waals surface area (Å²) < 4.78 is 0.603. The third-order valence-electron chi connectivity index (χ3n) is 3.20. The predicted octanol–water partition coefficient (Wildman–Crippen LogP) is 0.581. The van der Waals surface area contributed by atoms with Crippen molar-refractivity contribution in [1.82, 2.24) is 4.90 Å². The molecule has 0 unspecified atom stereocenters. The third kappa shape index (κ3) is 7.44. The minimum Gasteiger partial charge on any atom is -1.00 e. The Morgan fingerprint density at radius 3 is 1.48 bits per heavy atom. The maximum atomic E-state index is 4.77. The van der Waals surface area contributed by atoms with Crippen LogP contribution in [-0.2, 0) is 0 Å². The van der Waals surface area contributed by atoms with Gasteiger partial charge in [0.15, 0.2) is 0 Å². The highest BCUT2D eigenvalue weighted by molar-refractivity contribution is 5.74. The number of halogens is 1. The van der Waals surface area contributed by atoms with E-state index in [9.17, 15) is 0 Å². The molecule has 3 nitrogen and oxygen atoms in total. The highest BCUT2D eigenvalue weighted by Gasteiger charge is 2.34. The van der Waals surface area contributed by atoms with Crippen molar-refractivity contribution in [3.63, 3.8) is 0 Å². The summed E-state index contributed by atoms with van der Waals surface area (Å²) in [6.45, 7) is 27.4. The Morgan fingerprint density at radius 1 is 0.739 bits per heavy atom. The van der Waals surface area contributed by atoms with Crippen LogP contribution in [-0.4, -0.2) is 54.6 Å². The van der Waals surface area contributed by atoms with Crippen LogP contribution in [0.5, 0.6) is 0 Å². The monoisotopic (exact) mass is 379 g/mol. The van der Waals surface area contributed by atoms with E-state index in [1.165, 1.54) is 0 Å². The molecular weight excluding hydrogens is 350 g/mol. The zero-order chi connectivity index (χ0) is 16.8. The Balaban J connectivity index is 0. The minimum absolute atomic E-state index is 0. The lowest BCUT2D eigenvalue weighted by Gasteiger charge is -2.40. The van der Waals surface area contributed by atoms with Crippen molar-refractivity contribution >= 4 is 5.96 Å². The molecule has 0 aliphatic rings. The first-order valence-corrected chi connectivity index (χ1v) is 7.47. The van der Waals surface area contributed by atoms with E-state index < -0.39 is 0 Å². The van der Waals surface area contributed by atoms with E-state index in [4.69, 9.17) is 4.99 Å². The Kier molecular flexibility index (Phi) is 14.3. The Morgan fingerprint density at radius 2 is 1.17 bits per heavy atom. The normalized spacial score (nSPS) is 10.9. The van der Waals surface area contributed by atoms with E-state index in [0.717, 1.165) is 25.6 Å². The molecule has 23 heavy (non-hydrogen) atoms. The van der Waals surface area contributed by atoms with Gasteiger partial charge in [-0.2, -0.15) is 0 Å².